The van der Waals surface area contributed by atoms with Crippen LogP contribution in [0.5, 0.6) is 0 Å². The molecule has 158 valence electrons. The number of rotatable bonds is 8. The molecule has 0 bridgehead atoms. The molecule has 2 aliphatic rings. The van der Waals surface area contributed by atoms with Crippen LogP contribution < -0.4 is 5.32 Å². The van der Waals surface area contributed by atoms with E-state index in [1.165, 1.54) is 0 Å². The Morgan fingerprint density at radius 2 is 1.97 bits per heavy atom. The van der Waals surface area contributed by atoms with Gasteiger partial charge in [-0.1, -0.05) is 6.07 Å². The standard InChI is InChI=1S/C21H30N4O4/c26-18-5-8-21(23-18,10-7-20(28)29)9-6-19(27)25-13-3-12-24(14-15-25)16-17-4-1-2-11-22-17/h1-2,4,11H,3,5-10,12-16H2,(H,23,26)(H,28,29)/t21-/m1/s1. The average Bonchev–Trinajstić information content (AvgIpc) is 2.92. The van der Waals surface area contributed by atoms with Crippen LogP contribution in [0.15, 0.2) is 24.4 Å². The highest BCUT2D eigenvalue weighted by molar-refractivity contribution is 5.80. The summed E-state index contributed by atoms with van der Waals surface area (Å²) in [4.78, 5) is 44.1. The number of carboxylic acid groups (broad SMARTS) is 1. The number of hydrogen-bond donors (Lipinski definition) is 2. The monoisotopic (exact) mass is 402 g/mol. The van der Waals surface area contributed by atoms with Crippen molar-refractivity contribution in [1.29, 1.82) is 0 Å². The molecule has 2 aliphatic heterocycles. The number of carboxylic acids is 1. The first-order valence-electron chi connectivity index (χ1n) is 10.4. The molecule has 2 saturated heterocycles. The van der Waals surface area contributed by atoms with E-state index in [4.69, 9.17) is 5.11 Å². The molecular weight excluding hydrogens is 372 g/mol. The van der Waals surface area contributed by atoms with E-state index < -0.39 is 11.5 Å². The highest BCUT2D eigenvalue weighted by atomic mass is 16.4. The summed E-state index contributed by atoms with van der Waals surface area (Å²) in [5.41, 5.74) is 0.478. The molecule has 0 spiro atoms. The van der Waals surface area contributed by atoms with Crippen LogP contribution in [0.25, 0.3) is 0 Å². The largest absolute Gasteiger partial charge is 0.481 e. The fourth-order valence-electron chi connectivity index (χ4n) is 4.22. The number of aliphatic carboxylic acids is 1. The van der Waals surface area contributed by atoms with Crippen LogP contribution in [0.2, 0.25) is 0 Å². The minimum atomic E-state index is -0.877. The van der Waals surface area contributed by atoms with E-state index in [1.807, 2.05) is 23.1 Å². The Balaban J connectivity index is 1.49. The predicted molar refractivity (Wildman–Crippen MR) is 107 cm³/mol. The maximum Gasteiger partial charge on any atom is 0.303 e. The van der Waals surface area contributed by atoms with Gasteiger partial charge in [0.2, 0.25) is 11.8 Å². The van der Waals surface area contributed by atoms with Crippen molar-refractivity contribution in [2.24, 2.45) is 0 Å². The number of hydrogen-bond acceptors (Lipinski definition) is 5. The predicted octanol–water partition coefficient (Wildman–Crippen LogP) is 1.41. The van der Waals surface area contributed by atoms with Gasteiger partial charge < -0.3 is 15.3 Å². The Morgan fingerprint density at radius 1 is 1.14 bits per heavy atom. The highest BCUT2D eigenvalue weighted by Crippen LogP contribution is 2.30. The molecule has 3 heterocycles. The van der Waals surface area contributed by atoms with Crippen molar-refractivity contribution >= 4 is 17.8 Å². The van der Waals surface area contributed by atoms with E-state index in [2.05, 4.69) is 15.2 Å². The summed E-state index contributed by atoms with van der Waals surface area (Å²) < 4.78 is 0. The fourth-order valence-corrected chi connectivity index (χ4v) is 4.22. The van der Waals surface area contributed by atoms with Crippen molar-refractivity contribution in [3.8, 4) is 0 Å². The molecule has 0 saturated carbocycles. The number of pyridine rings is 1. The Bertz CT molecular complexity index is 727. The second-order valence-electron chi connectivity index (χ2n) is 8.05. The molecule has 0 unspecified atom stereocenters. The lowest BCUT2D eigenvalue weighted by Crippen LogP contribution is -2.43. The van der Waals surface area contributed by atoms with Crippen LogP contribution in [0, 0.1) is 0 Å². The van der Waals surface area contributed by atoms with E-state index >= 15 is 0 Å². The topological polar surface area (TPSA) is 103 Å². The van der Waals surface area contributed by atoms with Crippen LogP contribution in [0.4, 0.5) is 0 Å². The zero-order valence-electron chi connectivity index (χ0n) is 16.8. The molecule has 3 rings (SSSR count). The SMILES string of the molecule is O=C(O)CC[C@]1(CCC(=O)N2CCCN(Cc3ccccn3)CC2)CCC(=O)N1. The van der Waals surface area contributed by atoms with Crippen molar-refractivity contribution in [1.82, 2.24) is 20.1 Å². The number of nitrogens with one attached hydrogen (secondary N) is 1. The van der Waals surface area contributed by atoms with E-state index in [0.717, 1.165) is 38.3 Å². The first kappa shape index (κ1) is 21.2. The number of carbonyl (C=O) groups excluding carboxylic acids is 2. The molecule has 8 heteroatoms. The van der Waals surface area contributed by atoms with E-state index in [0.29, 0.717) is 38.6 Å². The first-order chi connectivity index (χ1) is 14.0. The summed E-state index contributed by atoms with van der Waals surface area (Å²) in [6.45, 7) is 3.93. The second-order valence-corrected chi connectivity index (χ2v) is 8.05. The molecule has 2 fully saturated rings. The van der Waals surface area contributed by atoms with Crippen molar-refractivity contribution in [3.63, 3.8) is 0 Å². The van der Waals surface area contributed by atoms with E-state index in [-0.39, 0.29) is 18.2 Å². The van der Waals surface area contributed by atoms with Gasteiger partial charge in [-0.2, -0.15) is 0 Å². The molecule has 8 nitrogen and oxygen atoms in total. The molecule has 29 heavy (non-hydrogen) atoms. The Labute approximate surface area is 171 Å². The summed E-state index contributed by atoms with van der Waals surface area (Å²) in [7, 11) is 0. The molecule has 0 radical (unpaired) electrons. The molecular formula is C21H30N4O4. The minimum Gasteiger partial charge on any atom is -0.481 e. The van der Waals surface area contributed by atoms with Crippen LogP contribution in [-0.2, 0) is 20.9 Å². The van der Waals surface area contributed by atoms with Crippen molar-refractivity contribution in [2.45, 2.75) is 57.0 Å². The summed E-state index contributed by atoms with van der Waals surface area (Å²) in [6.07, 6.45) is 4.92. The molecule has 1 aromatic heterocycles. The molecule has 2 amide bonds. The van der Waals surface area contributed by atoms with Crippen molar-refractivity contribution < 1.29 is 19.5 Å². The third-order valence-electron chi connectivity index (χ3n) is 5.92. The quantitative estimate of drug-likeness (QED) is 0.682. The third-order valence-corrected chi connectivity index (χ3v) is 5.92. The summed E-state index contributed by atoms with van der Waals surface area (Å²) in [5.74, 6) is -0.847. The smallest absolute Gasteiger partial charge is 0.303 e. The number of nitrogens with zero attached hydrogens (tertiary/aromatic N) is 3. The molecule has 0 aliphatic carbocycles. The summed E-state index contributed by atoms with van der Waals surface area (Å²) in [5, 5.41) is 11.9. The van der Waals surface area contributed by atoms with Gasteiger partial charge in [0.05, 0.1) is 5.69 Å². The second kappa shape index (κ2) is 9.82. The zero-order valence-corrected chi connectivity index (χ0v) is 16.8. The lowest BCUT2D eigenvalue weighted by molar-refractivity contribution is -0.137. The summed E-state index contributed by atoms with van der Waals surface area (Å²) in [6, 6.07) is 5.90. The highest BCUT2D eigenvalue weighted by Gasteiger charge is 2.38. The van der Waals surface area contributed by atoms with Crippen molar-refractivity contribution in [2.75, 3.05) is 26.2 Å². The number of amides is 2. The van der Waals surface area contributed by atoms with Gasteiger partial charge >= 0.3 is 5.97 Å². The van der Waals surface area contributed by atoms with Crippen LogP contribution in [0.1, 0.15) is 50.6 Å². The van der Waals surface area contributed by atoms with Crippen LogP contribution in [0.3, 0.4) is 0 Å². The lowest BCUT2D eigenvalue weighted by Gasteiger charge is -2.30. The maximum absolute atomic E-state index is 12.8. The Kier molecular flexibility index (Phi) is 7.19. The van der Waals surface area contributed by atoms with Gasteiger partial charge in [-0.3, -0.25) is 24.3 Å². The van der Waals surface area contributed by atoms with Gasteiger partial charge in [-0.25, -0.2) is 0 Å². The zero-order chi connectivity index (χ0) is 20.7. The molecule has 1 aromatic rings. The van der Waals surface area contributed by atoms with E-state index in [1.54, 1.807) is 6.20 Å². The lowest BCUT2D eigenvalue weighted by atomic mass is 9.86. The first-order valence-corrected chi connectivity index (χ1v) is 10.4. The van der Waals surface area contributed by atoms with Gasteiger partial charge in [0.25, 0.3) is 0 Å². The van der Waals surface area contributed by atoms with Crippen molar-refractivity contribution in [3.05, 3.63) is 30.1 Å². The van der Waals surface area contributed by atoms with Gasteiger partial charge in [0.15, 0.2) is 0 Å². The average molecular weight is 402 g/mol. The van der Waals surface area contributed by atoms with Gasteiger partial charge in [-0.05, 0) is 37.8 Å². The number of aromatic nitrogens is 1. The molecule has 0 aromatic carbocycles. The Morgan fingerprint density at radius 3 is 2.66 bits per heavy atom. The maximum atomic E-state index is 12.8. The number of carbonyl (C=O) groups is 3. The Hall–Kier alpha value is -2.48. The van der Waals surface area contributed by atoms with Gasteiger partial charge in [-0.15, -0.1) is 0 Å². The normalized spacial score (nSPS) is 22.9. The van der Waals surface area contributed by atoms with Crippen LogP contribution >= 0.6 is 0 Å². The molecule has 1 atom stereocenters. The summed E-state index contributed by atoms with van der Waals surface area (Å²) >= 11 is 0. The van der Waals surface area contributed by atoms with Gasteiger partial charge in [0, 0.05) is 63.7 Å². The minimum absolute atomic E-state index is 0.000661. The van der Waals surface area contributed by atoms with Crippen LogP contribution in [-0.4, -0.2) is 69.4 Å². The third kappa shape index (κ3) is 6.25. The molecule has 2 N–H and O–H groups in total. The van der Waals surface area contributed by atoms with Gasteiger partial charge in [0.1, 0.15) is 0 Å². The fraction of sp³-hybridized carbons (Fsp3) is 0.619. The van der Waals surface area contributed by atoms with E-state index in [9.17, 15) is 14.4 Å².